The van der Waals surface area contributed by atoms with Crippen molar-refractivity contribution < 1.29 is 28.8 Å². The minimum atomic E-state index is -2.74. The highest BCUT2D eigenvalue weighted by atomic mass is 32.9. The molecular weight excluding hydrogens is 263 g/mol. The van der Waals surface area contributed by atoms with E-state index >= 15 is 0 Å². The molecule has 0 unspecified atom stereocenters. The van der Waals surface area contributed by atoms with Gasteiger partial charge in [0, 0.05) is 14.2 Å². The Morgan fingerprint density at radius 1 is 1.40 bits per heavy atom. The molecule has 0 aliphatic carbocycles. The molecule has 0 saturated heterocycles. The van der Waals surface area contributed by atoms with Crippen molar-refractivity contribution in [3.63, 3.8) is 0 Å². The predicted molar refractivity (Wildman–Crippen MR) is 59.6 cm³/mol. The molecule has 0 heterocycles. The molecule has 9 heteroatoms. The average molecular weight is 274 g/mol. The maximum atomic E-state index is 10.7. The Kier molecular flexibility index (Phi) is 6.38. The minimum Gasteiger partial charge on any atom is -0.481 e. The minimum absolute atomic E-state index is 0.523. The number of carboxylic acid groups (broad SMARTS) is 2. The number of carboxylic acids is 2. The number of hydrogen-bond acceptors (Lipinski definition) is 6. The molecule has 0 aliphatic heterocycles. The number of aliphatic carboxylic acids is 2. The highest BCUT2D eigenvalue weighted by molar-refractivity contribution is 8.68. The summed E-state index contributed by atoms with van der Waals surface area (Å²) >= 11 is 5.66. The van der Waals surface area contributed by atoms with Crippen molar-refractivity contribution in [2.45, 2.75) is 11.7 Å². The zero-order valence-corrected chi connectivity index (χ0v) is 10.6. The van der Waals surface area contributed by atoms with Crippen molar-refractivity contribution in [1.82, 2.24) is 0 Å². The molecule has 0 aromatic rings. The second-order valence-electron chi connectivity index (χ2n) is 2.34. The molecule has 0 radical (unpaired) electrons. The van der Waals surface area contributed by atoms with Crippen LogP contribution in [0.4, 0.5) is 0 Å². The monoisotopic (exact) mass is 274 g/mol. The van der Waals surface area contributed by atoms with Crippen LogP contribution in [0.2, 0.25) is 0 Å². The van der Waals surface area contributed by atoms with Crippen molar-refractivity contribution in [2.24, 2.45) is 0 Å². The molecule has 2 N–H and O–H groups in total. The third-order valence-corrected chi connectivity index (χ3v) is 7.22. The van der Waals surface area contributed by atoms with Gasteiger partial charge in [0.05, 0.1) is 6.42 Å². The lowest BCUT2D eigenvalue weighted by Crippen LogP contribution is -2.20. The molecule has 0 aromatic heterocycles. The van der Waals surface area contributed by atoms with Crippen molar-refractivity contribution in [3.8, 4) is 0 Å². The second-order valence-corrected chi connectivity index (χ2v) is 8.96. The zero-order chi connectivity index (χ0) is 12.1. The van der Waals surface area contributed by atoms with Gasteiger partial charge in [-0.3, -0.25) is 9.59 Å². The molecule has 0 amide bonds. The first kappa shape index (κ1) is 14.9. The highest BCUT2D eigenvalue weighted by Crippen LogP contribution is 2.61. The van der Waals surface area contributed by atoms with Crippen LogP contribution < -0.4 is 0 Å². The van der Waals surface area contributed by atoms with Gasteiger partial charge < -0.3 is 19.3 Å². The first-order chi connectivity index (χ1) is 6.84. The Balaban J connectivity index is 4.60. The van der Waals surface area contributed by atoms with Gasteiger partial charge in [-0.25, -0.2) is 0 Å². The largest absolute Gasteiger partial charge is 0.481 e. The summed E-state index contributed by atoms with van der Waals surface area (Å²) in [7, 11) is 2.61. The Morgan fingerprint density at radius 2 is 1.87 bits per heavy atom. The van der Waals surface area contributed by atoms with Crippen LogP contribution in [0.1, 0.15) is 6.42 Å². The quantitative estimate of drug-likeness (QED) is 0.668. The molecule has 1 atom stereocenters. The van der Waals surface area contributed by atoms with E-state index in [2.05, 4.69) is 0 Å². The Bertz CT molecular complexity index is 285. The third kappa shape index (κ3) is 5.48. The summed E-state index contributed by atoms with van der Waals surface area (Å²) in [4.78, 5) is 21.1. The van der Waals surface area contributed by atoms with Gasteiger partial charge in [0.2, 0.25) is 5.69 Å². The van der Waals surface area contributed by atoms with E-state index in [4.69, 9.17) is 31.1 Å². The van der Waals surface area contributed by atoms with Crippen molar-refractivity contribution >= 4 is 40.8 Å². The Hall–Kier alpha value is -0.140. The van der Waals surface area contributed by atoms with Crippen LogP contribution in [-0.4, -0.2) is 41.6 Å². The smallest absolute Gasteiger partial charge is 0.317 e. The van der Waals surface area contributed by atoms with Gasteiger partial charge in [-0.15, -0.1) is 0 Å². The molecule has 0 aromatic carbocycles. The normalized spacial score (nSPS) is 13.5. The standard InChI is InChI=1S/C6H11O6PS2/c1-11-13(14,12-2)15-4(6(9)10)3-5(7)8/h4H,3H2,1-2H3,(H,7,8)(H,9,10)/t4-/m0/s1. The molecule has 0 aliphatic rings. The molecule has 0 spiro atoms. The van der Waals surface area contributed by atoms with Crippen LogP contribution >= 0.6 is 17.1 Å². The molecule has 15 heavy (non-hydrogen) atoms. The zero-order valence-electron chi connectivity index (χ0n) is 8.08. The lowest BCUT2D eigenvalue weighted by atomic mass is 10.3. The molecule has 6 nitrogen and oxygen atoms in total. The average Bonchev–Trinajstić information content (AvgIpc) is 2.16. The van der Waals surface area contributed by atoms with Gasteiger partial charge in [-0.2, -0.15) is 0 Å². The first-order valence-electron chi connectivity index (χ1n) is 3.69. The lowest BCUT2D eigenvalue weighted by molar-refractivity contribution is -0.142. The summed E-state index contributed by atoms with van der Waals surface area (Å²) in [6.45, 7) is 0. The summed E-state index contributed by atoms with van der Waals surface area (Å²) in [5.74, 6) is -2.45. The van der Waals surface area contributed by atoms with E-state index in [1.54, 1.807) is 0 Å². The molecule has 88 valence electrons. The summed E-state index contributed by atoms with van der Waals surface area (Å²) in [6, 6.07) is 0. The lowest BCUT2D eigenvalue weighted by Gasteiger charge is -2.19. The first-order valence-corrected chi connectivity index (χ1v) is 7.81. The topological polar surface area (TPSA) is 93.1 Å². The van der Waals surface area contributed by atoms with Crippen molar-refractivity contribution in [1.29, 1.82) is 0 Å². The predicted octanol–water partition coefficient (Wildman–Crippen LogP) is 1.16. The van der Waals surface area contributed by atoms with Gasteiger partial charge in [0.25, 0.3) is 0 Å². The van der Waals surface area contributed by atoms with Gasteiger partial charge in [0.1, 0.15) is 5.25 Å². The van der Waals surface area contributed by atoms with Crippen LogP contribution in [0, 0.1) is 0 Å². The summed E-state index contributed by atoms with van der Waals surface area (Å²) in [6.07, 6.45) is -0.523. The number of hydrogen-bond donors (Lipinski definition) is 2. The maximum absolute atomic E-state index is 10.7. The maximum Gasteiger partial charge on any atom is 0.317 e. The van der Waals surface area contributed by atoms with Crippen molar-refractivity contribution in [3.05, 3.63) is 0 Å². The Labute approximate surface area is 95.9 Å². The van der Waals surface area contributed by atoms with E-state index in [-0.39, 0.29) is 0 Å². The summed E-state index contributed by atoms with van der Waals surface area (Å²) < 4.78 is 9.72. The van der Waals surface area contributed by atoms with Crippen molar-refractivity contribution in [2.75, 3.05) is 14.2 Å². The second kappa shape index (κ2) is 6.44. The number of carbonyl (C=O) groups is 2. The fourth-order valence-electron chi connectivity index (χ4n) is 0.645. The van der Waals surface area contributed by atoms with Crippen LogP contribution in [0.15, 0.2) is 0 Å². The summed E-state index contributed by atoms with van der Waals surface area (Å²) in [5.41, 5.74) is -2.74. The molecule has 0 rings (SSSR count). The Morgan fingerprint density at radius 3 is 2.13 bits per heavy atom. The highest BCUT2D eigenvalue weighted by Gasteiger charge is 2.30. The van der Waals surface area contributed by atoms with Crippen LogP contribution in [0.3, 0.4) is 0 Å². The van der Waals surface area contributed by atoms with Gasteiger partial charge in [0.15, 0.2) is 0 Å². The van der Waals surface area contributed by atoms with Gasteiger partial charge >= 0.3 is 11.9 Å². The van der Waals surface area contributed by atoms with E-state index in [9.17, 15) is 9.59 Å². The van der Waals surface area contributed by atoms with Gasteiger partial charge in [-0.05, 0) is 11.8 Å². The fraction of sp³-hybridized carbons (Fsp3) is 0.667. The molecule has 0 saturated carbocycles. The molecule has 0 bridgehead atoms. The van der Waals surface area contributed by atoms with Gasteiger partial charge in [-0.1, -0.05) is 11.4 Å². The SMILES string of the molecule is COP(=S)(OC)S[C@@H](CC(=O)O)C(=O)O. The van der Waals surface area contributed by atoms with E-state index in [1.165, 1.54) is 14.2 Å². The fourth-order valence-corrected chi connectivity index (χ4v) is 4.47. The van der Waals surface area contributed by atoms with Crippen LogP contribution in [0.5, 0.6) is 0 Å². The third-order valence-electron chi connectivity index (χ3n) is 1.34. The van der Waals surface area contributed by atoms with E-state index in [0.29, 0.717) is 0 Å². The van der Waals surface area contributed by atoms with Crippen LogP contribution in [-0.2, 0) is 30.4 Å². The van der Waals surface area contributed by atoms with E-state index < -0.39 is 29.3 Å². The van der Waals surface area contributed by atoms with E-state index in [0.717, 1.165) is 11.4 Å². The molecule has 0 fully saturated rings. The van der Waals surface area contributed by atoms with E-state index in [1.807, 2.05) is 0 Å². The molecular formula is C6H11O6PS2. The number of rotatable bonds is 7. The summed E-state index contributed by atoms with van der Waals surface area (Å²) in [5, 5.41) is 16.1. The van der Waals surface area contributed by atoms with Crippen LogP contribution in [0.25, 0.3) is 0 Å².